The van der Waals surface area contributed by atoms with Gasteiger partial charge in [0, 0.05) is 0 Å². The Kier molecular flexibility index (Phi) is 2.85. The van der Waals surface area contributed by atoms with Crippen LogP contribution in [-0.4, -0.2) is 15.0 Å². The fourth-order valence-corrected chi connectivity index (χ4v) is 2.29. The zero-order valence-corrected chi connectivity index (χ0v) is 12.4. The van der Waals surface area contributed by atoms with Crippen molar-refractivity contribution >= 4 is 11.0 Å². The summed E-state index contributed by atoms with van der Waals surface area (Å²) in [6.07, 6.45) is 0. The molecular weight excluding hydrogens is 246 g/mol. The van der Waals surface area contributed by atoms with E-state index in [1.807, 2.05) is 24.3 Å². The van der Waals surface area contributed by atoms with Gasteiger partial charge in [0.2, 0.25) is 0 Å². The standard InChI is InChI=1S/C17H19N3/c1-12-9-13(17(2,3)4)11-14(10-12)20-18-15-7-5-6-8-16(15)19-20/h5-11H,1-4H3. The Morgan fingerprint density at radius 2 is 1.50 bits per heavy atom. The van der Waals surface area contributed by atoms with Gasteiger partial charge in [-0.3, -0.25) is 0 Å². The lowest BCUT2D eigenvalue weighted by Gasteiger charge is -2.20. The minimum absolute atomic E-state index is 0.118. The van der Waals surface area contributed by atoms with Gasteiger partial charge in [0.05, 0.1) is 5.69 Å². The van der Waals surface area contributed by atoms with Crippen LogP contribution in [0.25, 0.3) is 16.7 Å². The summed E-state index contributed by atoms with van der Waals surface area (Å²) in [5, 5.41) is 9.11. The molecule has 0 radical (unpaired) electrons. The molecule has 0 fully saturated rings. The Morgan fingerprint density at radius 3 is 2.05 bits per heavy atom. The van der Waals surface area contributed by atoms with Gasteiger partial charge in [0.25, 0.3) is 0 Å². The second kappa shape index (κ2) is 4.44. The highest BCUT2D eigenvalue weighted by molar-refractivity contribution is 5.73. The van der Waals surface area contributed by atoms with Gasteiger partial charge >= 0.3 is 0 Å². The third kappa shape index (κ3) is 2.31. The van der Waals surface area contributed by atoms with Crippen LogP contribution in [0.3, 0.4) is 0 Å². The van der Waals surface area contributed by atoms with Crippen LogP contribution in [0.1, 0.15) is 31.9 Å². The van der Waals surface area contributed by atoms with Crippen LogP contribution in [0.15, 0.2) is 42.5 Å². The van der Waals surface area contributed by atoms with E-state index in [1.54, 1.807) is 4.80 Å². The molecule has 0 aliphatic carbocycles. The number of rotatable bonds is 1. The summed E-state index contributed by atoms with van der Waals surface area (Å²) in [4.78, 5) is 1.73. The van der Waals surface area contributed by atoms with E-state index >= 15 is 0 Å². The highest BCUT2D eigenvalue weighted by Gasteiger charge is 2.15. The maximum absolute atomic E-state index is 4.55. The lowest BCUT2D eigenvalue weighted by atomic mass is 9.86. The maximum atomic E-state index is 4.55. The first-order valence-corrected chi connectivity index (χ1v) is 6.88. The van der Waals surface area contributed by atoms with Crippen LogP contribution in [0, 0.1) is 6.92 Å². The first kappa shape index (κ1) is 12.9. The fraction of sp³-hybridized carbons (Fsp3) is 0.294. The lowest BCUT2D eigenvalue weighted by molar-refractivity contribution is 0.588. The molecule has 1 aromatic heterocycles. The lowest BCUT2D eigenvalue weighted by Crippen LogP contribution is -2.12. The quantitative estimate of drug-likeness (QED) is 0.665. The number of fused-ring (bicyclic) bond motifs is 1. The van der Waals surface area contributed by atoms with Crippen molar-refractivity contribution in [3.8, 4) is 5.69 Å². The maximum Gasteiger partial charge on any atom is 0.113 e. The molecule has 3 rings (SSSR count). The first-order chi connectivity index (χ1) is 9.43. The Bertz CT molecular complexity index is 730. The van der Waals surface area contributed by atoms with E-state index in [9.17, 15) is 0 Å². The highest BCUT2D eigenvalue weighted by atomic mass is 15.5. The molecule has 0 spiro atoms. The summed E-state index contributed by atoms with van der Waals surface area (Å²) in [7, 11) is 0. The third-order valence-corrected chi connectivity index (χ3v) is 3.45. The average molecular weight is 265 g/mol. The molecule has 3 nitrogen and oxygen atoms in total. The van der Waals surface area contributed by atoms with Crippen molar-refractivity contribution in [2.75, 3.05) is 0 Å². The zero-order chi connectivity index (χ0) is 14.3. The zero-order valence-electron chi connectivity index (χ0n) is 12.4. The van der Waals surface area contributed by atoms with Crippen molar-refractivity contribution < 1.29 is 0 Å². The average Bonchev–Trinajstić information content (AvgIpc) is 2.80. The summed E-state index contributed by atoms with van der Waals surface area (Å²) in [5.41, 5.74) is 5.51. The van der Waals surface area contributed by atoms with Crippen molar-refractivity contribution in [2.24, 2.45) is 0 Å². The molecule has 20 heavy (non-hydrogen) atoms. The molecule has 2 aromatic carbocycles. The van der Waals surface area contributed by atoms with Crippen LogP contribution in [0.4, 0.5) is 0 Å². The minimum Gasteiger partial charge on any atom is -0.150 e. The molecule has 0 bridgehead atoms. The van der Waals surface area contributed by atoms with E-state index in [2.05, 4.69) is 56.1 Å². The predicted octanol–water partition coefficient (Wildman–Crippen LogP) is 4.03. The molecule has 3 heteroatoms. The van der Waals surface area contributed by atoms with Crippen molar-refractivity contribution in [2.45, 2.75) is 33.1 Å². The molecule has 1 heterocycles. The molecule has 3 aromatic rings. The van der Waals surface area contributed by atoms with Gasteiger partial charge in [-0.1, -0.05) is 39.0 Å². The molecule has 0 amide bonds. The van der Waals surface area contributed by atoms with Crippen LogP contribution in [0.2, 0.25) is 0 Å². The molecule has 0 aliphatic heterocycles. The van der Waals surface area contributed by atoms with Gasteiger partial charge in [-0.05, 0) is 47.7 Å². The summed E-state index contributed by atoms with van der Waals surface area (Å²) in [5.74, 6) is 0. The van der Waals surface area contributed by atoms with Crippen molar-refractivity contribution in [3.05, 3.63) is 53.6 Å². The highest BCUT2D eigenvalue weighted by Crippen LogP contribution is 2.25. The van der Waals surface area contributed by atoms with Crippen molar-refractivity contribution in [3.63, 3.8) is 0 Å². The molecule has 0 saturated heterocycles. The van der Waals surface area contributed by atoms with E-state index in [0.29, 0.717) is 0 Å². The topological polar surface area (TPSA) is 30.7 Å². The molecule has 0 unspecified atom stereocenters. The van der Waals surface area contributed by atoms with Crippen LogP contribution in [-0.2, 0) is 5.41 Å². The van der Waals surface area contributed by atoms with Crippen molar-refractivity contribution in [1.29, 1.82) is 0 Å². The summed E-state index contributed by atoms with van der Waals surface area (Å²) in [6, 6.07) is 14.5. The first-order valence-electron chi connectivity index (χ1n) is 6.88. The van der Waals surface area contributed by atoms with Crippen LogP contribution >= 0.6 is 0 Å². The fourth-order valence-electron chi connectivity index (χ4n) is 2.29. The monoisotopic (exact) mass is 265 g/mol. The summed E-state index contributed by atoms with van der Waals surface area (Å²) >= 11 is 0. The van der Waals surface area contributed by atoms with Crippen LogP contribution < -0.4 is 0 Å². The van der Waals surface area contributed by atoms with Gasteiger partial charge in [-0.25, -0.2) is 0 Å². The van der Waals surface area contributed by atoms with Gasteiger partial charge in [0.15, 0.2) is 0 Å². The minimum atomic E-state index is 0.118. The number of hydrogen-bond donors (Lipinski definition) is 0. The Hall–Kier alpha value is -2.16. The number of nitrogens with zero attached hydrogens (tertiary/aromatic N) is 3. The van der Waals surface area contributed by atoms with Gasteiger partial charge in [-0.2, -0.15) is 4.80 Å². The van der Waals surface area contributed by atoms with E-state index in [-0.39, 0.29) is 5.41 Å². The van der Waals surface area contributed by atoms with E-state index in [4.69, 9.17) is 0 Å². The molecule has 0 atom stereocenters. The number of hydrogen-bond acceptors (Lipinski definition) is 2. The molecule has 0 N–H and O–H groups in total. The largest absolute Gasteiger partial charge is 0.150 e. The van der Waals surface area contributed by atoms with Gasteiger partial charge < -0.3 is 0 Å². The van der Waals surface area contributed by atoms with Crippen LogP contribution in [0.5, 0.6) is 0 Å². The number of aromatic nitrogens is 3. The molecule has 102 valence electrons. The Labute approximate surface area is 119 Å². The predicted molar refractivity (Wildman–Crippen MR) is 82.3 cm³/mol. The SMILES string of the molecule is Cc1cc(-n2nc3ccccc3n2)cc(C(C)(C)C)c1. The van der Waals surface area contributed by atoms with Gasteiger partial charge in [0.1, 0.15) is 11.0 Å². The third-order valence-electron chi connectivity index (χ3n) is 3.45. The summed E-state index contributed by atoms with van der Waals surface area (Å²) < 4.78 is 0. The molecular formula is C17H19N3. The van der Waals surface area contributed by atoms with E-state index in [1.165, 1.54) is 11.1 Å². The van der Waals surface area contributed by atoms with Crippen molar-refractivity contribution in [1.82, 2.24) is 15.0 Å². The second-order valence-corrected chi connectivity index (χ2v) is 6.29. The number of aryl methyl sites for hydroxylation is 1. The summed E-state index contributed by atoms with van der Waals surface area (Å²) in [6.45, 7) is 8.78. The van der Waals surface area contributed by atoms with E-state index < -0.39 is 0 Å². The Morgan fingerprint density at radius 1 is 0.900 bits per heavy atom. The van der Waals surface area contributed by atoms with E-state index in [0.717, 1.165) is 16.7 Å². The normalized spacial score (nSPS) is 12.0. The molecule has 0 saturated carbocycles. The van der Waals surface area contributed by atoms with Gasteiger partial charge in [-0.15, -0.1) is 10.2 Å². The number of benzene rings is 2. The Balaban J connectivity index is 2.16. The molecule has 0 aliphatic rings. The smallest absolute Gasteiger partial charge is 0.113 e. The second-order valence-electron chi connectivity index (χ2n) is 6.29.